The summed E-state index contributed by atoms with van der Waals surface area (Å²) in [5.74, 6) is -0.943. The molecule has 12 heteroatoms. The quantitative estimate of drug-likeness (QED) is 0.390. The van der Waals surface area contributed by atoms with Gasteiger partial charge in [0, 0.05) is 25.0 Å². The Balaban J connectivity index is 1.91. The summed E-state index contributed by atoms with van der Waals surface area (Å²) in [6.07, 6.45) is -2.99. The van der Waals surface area contributed by atoms with Crippen molar-refractivity contribution < 1.29 is 46.5 Å². The van der Waals surface area contributed by atoms with Crippen molar-refractivity contribution in [2.24, 2.45) is 5.41 Å². The van der Waals surface area contributed by atoms with Crippen molar-refractivity contribution in [1.82, 2.24) is 5.32 Å². The monoisotopic (exact) mass is 558 g/mol. The smallest absolute Gasteiger partial charge is 0.416 e. The van der Waals surface area contributed by atoms with E-state index < -0.39 is 40.8 Å². The minimum Gasteiger partial charge on any atom is -0.490 e. The summed E-state index contributed by atoms with van der Waals surface area (Å²) in [4.78, 5) is 39.1. The number of nitrogens with one attached hydrogen (secondary N) is 1. The molecule has 0 radical (unpaired) electrons. The number of rotatable bonds is 6. The molecular weight excluding hydrogens is 521 g/mol. The first-order chi connectivity index (χ1) is 18.2. The van der Waals surface area contributed by atoms with Gasteiger partial charge in [0.15, 0.2) is 0 Å². The number of anilines is 1. The highest BCUT2D eigenvalue weighted by Crippen LogP contribution is 2.44. The normalized spacial score (nSPS) is 23.5. The zero-order valence-electron chi connectivity index (χ0n) is 23.0. The van der Waals surface area contributed by atoms with E-state index >= 15 is 0 Å². The van der Waals surface area contributed by atoms with Crippen molar-refractivity contribution in [3.05, 3.63) is 23.8 Å². The molecule has 1 aliphatic heterocycles. The van der Waals surface area contributed by atoms with E-state index in [1.807, 2.05) is 0 Å². The summed E-state index contributed by atoms with van der Waals surface area (Å²) in [6, 6.07) is 2.82. The zero-order chi connectivity index (χ0) is 29.0. The topological polar surface area (TPSA) is 103 Å². The van der Waals surface area contributed by atoms with E-state index in [-0.39, 0.29) is 49.5 Å². The van der Waals surface area contributed by atoms with Crippen LogP contribution in [0.4, 0.5) is 23.7 Å². The Kier molecular flexibility index (Phi) is 9.27. The fourth-order valence-corrected chi connectivity index (χ4v) is 5.08. The molecule has 1 aromatic rings. The molecule has 0 bridgehead atoms. The van der Waals surface area contributed by atoms with Crippen LogP contribution >= 0.6 is 0 Å². The standard InChI is InChI=1S/C27H37F3N2O7/c1-25(2,3)39-24(35)31-18-7-9-19(10-8-18)32-15-26(23(34)37-5,13-12-22(33)36-4)16-38-21-11-6-17(14-20(21)32)27(28,29)30/h6,11,14,18-19H,7-10,12-13,15-16H2,1-5H3,(H,31,35)/t18-,19-,26?. The van der Waals surface area contributed by atoms with Crippen LogP contribution in [0, 0.1) is 5.41 Å². The second-order valence-corrected chi connectivity index (χ2v) is 11.1. The predicted octanol–water partition coefficient (Wildman–Crippen LogP) is 4.85. The van der Waals surface area contributed by atoms with Crippen molar-refractivity contribution in [3.63, 3.8) is 0 Å². The number of carbonyl (C=O) groups excluding carboxylic acids is 3. The van der Waals surface area contributed by atoms with Crippen LogP contribution in [-0.2, 0) is 30.0 Å². The maximum absolute atomic E-state index is 13.7. The van der Waals surface area contributed by atoms with Gasteiger partial charge < -0.3 is 29.2 Å². The third-order valence-corrected chi connectivity index (χ3v) is 7.08. The summed E-state index contributed by atoms with van der Waals surface area (Å²) in [6.45, 7) is 5.11. The number of alkyl halides is 3. The number of esters is 2. The van der Waals surface area contributed by atoms with Gasteiger partial charge in [0.1, 0.15) is 23.4 Å². The minimum atomic E-state index is -4.58. The maximum Gasteiger partial charge on any atom is 0.416 e. The minimum absolute atomic E-state index is 0.0141. The Bertz CT molecular complexity index is 1050. The lowest BCUT2D eigenvalue weighted by atomic mass is 9.81. The fourth-order valence-electron chi connectivity index (χ4n) is 5.08. The first-order valence-corrected chi connectivity index (χ1v) is 12.9. The van der Waals surface area contributed by atoms with Crippen molar-refractivity contribution in [3.8, 4) is 5.75 Å². The van der Waals surface area contributed by atoms with Crippen molar-refractivity contribution in [2.45, 2.75) is 83.2 Å². The molecule has 1 fully saturated rings. The number of alkyl carbamates (subject to hydrolysis) is 1. The van der Waals surface area contributed by atoms with Gasteiger partial charge in [-0.05, 0) is 71.1 Å². The average molecular weight is 559 g/mol. The summed E-state index contributed by atoms with van der Waals surface area (Å²) in [5, 5.41) is 2.86. The largest absolute Gasteiger partial charge is 0.490 e. The van der Waals surface area contributed by atoms with Crippen LogP contribution in [0.5, 0.6) is 5.75 Å². The Labute approximate surface area is 226 Å². The van der Waals surface area contributed by atoms with E-state index in [0.29, 0.717) is 25.7 Å². The van der Waals surface area contributed by atoms with Crippen LogP contribution < -0.4 is 15.0 Å². The van der Waals surface area contributed by atoms with Crippen LogP contribution in [0.3, 0.4) is 0 Å². The maximum atomic E-state index is 13.7. The van der Waals surface area contributed by atoms with Crippen LogP contribution in [0.25, 0.3) is 0 Å². The van der Waals surface area contributed by atoms with E-state index in [9.17, 15) is 27.6 Å². The summed E-state index contributed by atoms with van der Waals surface area (Å²) < 4.78 is 62.1. The highest BCUT2D eigenvalue weighted by atomic mass is 19.4. The van der Waals surface area contributed by atoms with Gasteiger partial charge >= 0.3 is 24.2 Å². The second-order valence-electron chi connectivity index (χ2n) is 11.1. The first-order valence-electron chi connectivity index (χ1n) is 12.9. The molecule has 0 spiro atoms. The lowest BCUT2D eigenvalue weighted by Crippen LogP contribution is -2.51. The van der Waals surface area contributed by atoms with Gasteiger partial charge in [0.25, 0.3) is 0 Å². The van der Waals surface area contributed by atoms with Crippen LogP contribution in [0.15, 0.2) is 18.2 Å². The molecule has 1 heterocycles. The molecule has 1 unspecified atom stereocenters. The molecule has 3 rings (SSSR count). The molecule has 2 aliphatic rings. The summed E-state index contributed by atoms with van der Waals surface area (Å²) in [7, 11) is 2.46. The number of nitrogens with zero attached hydrogens (tertiary/aromatic N) is 1. The predicted molar refractivity (Wildman–Crippen MR) is 135 cm³/mol. The Hall–Kier alpha value is -3.18. The fraction of sp³-hybridized carbons (Fsp3) is 0.667. The number of amides is 1. The number of methoxy groups -OCH3 is 2. The molecule has 1 aromatic carbocycles. The lowest BCUT2D eigenvalue weighted by molar-refractivity contribution is -0.155. The van der Waals surface area contributed by atoms with Gasteiger partial charge in [-0.1, -0.05) is 0 Å². The van der Waals surface area contributed by atoms with Crippen molar-refractivity contribution in [1.29, 1.82) is 0 Å². The molecule has 9 nitrogen and oxygen atoms in total. The number of benzene rings is 1. The van der Waals surface area contributed by atoms with Gasteiger partial charge in [0.2, 0.25) is 0 Å². The first kappa shape index (κ1) is 30.4. The van der Waals surface area contributed by atoms with E-state index in [4.69, 9.17) is 18.9 Å². The van der Waals surface area contributed by atoms with Gasteiger partial charge in [-0.25, -0.2) is 4.79 Å². The Morgan fingerprint density at radius 3 is 2.31 bits per heavy atom. The second kappa shape index (κ2) is 11.9. The van der Waals surface area contributed by atoms with Crippen LogP contribution in [0.1, 0.15) is 64.9 Å². The Morgan fingerprint density at radius 2 is 1.74 bits per heavy atom. The molecule has 218 valence electrons. The molecule has 1 atom stereocenters. The van der Waals surface area contributed by atoms with Gasteiger partial charge in [-0.3, -0.25) is 9.59 Å². The number of hydrogen-bond donors (Lipinski definition) is 1. The summed E-state index contributed by atoms with van der Waals surface area (Å²) >= 11 is 0. The SMILES string of the molecule is COC(=O)CCC1(C(=O)OC)COc2ccc(C(F)(F)F)cc2N([C@H]2CC[C@H](NC(=O)OC(C)(C)C)CC2)C1. The molecule has 1 aliphatic carbocycles. The van der Waals surface area contributed by atoms with Gasteiger partial charge in [0.05, 0.1) is 25.5 Å². The average Bonchev–Trinajstić information content (AvgIpc) is 3.03. The van der Waals surface area contributed by atoms with E-state index in [0.717, 1.165) is 12.1 Å². The molecule has 0 aromatic heterocycles. The van der Waals surface area contributed by atoms with E-state index in [1.165, 1.54) is 20.3 Å². The van der Waals surface area contributed by atoms with Gasteiger partial charge in [-0.2, -0.15) is 13.2 Å². The van der Waals surface area contributed by atoms with E-state index in [2.05, 4.69) is 5.32 Å². The molecular formula is C27H37F3N2O7. The number of ether oxygens (including phenoxy) is 4. The summed E-state index contributed by atoms with van der Waals surface area (Å²) in [5.41, 5.74) is -2.59. The zero-order valence-corrected chi connectivity index (χ0v) is 23.0. The highest BCUT2D eigenvalue weighted by Gasteiger charge is 2.47. The van der Waals surface area contributed by atoms with Crippen molar-refractivity contribution >= 4 is 23.7 Å². The van der Waals surface area contributed by atoms with Gasteiger partial charge in [-0.15, -0.1) is 0 Å². The van der Waals surface area contributed by atoms with Crippen LogP contribution in [-0.4, -0.2) is 63.1 Å². The molecule has 39 heavy (non-hydrogen) atoms. The van der Waals surface area contributed by atoms with Crippen molar-refractivity contribution in [2.75, 3.05) is 32.3 Å². The molecule has 1 amide bonds. The molecule has 0 saturated heterocycles. The number of hydrogen-bond acceptors (Lipinski definition) is 8. The lowest BCUT2D eigenvalue weighted by Gasteiger charge is -2.41. The number of carbonyl (C=O) groups is 3. The molecule has 1 saturated carbocycles. The van der Waals surface area contributed by atoms with E-state index in [1.54, 1.807) is 25.7 Å². The number of fused-ring (bicyclic) bond motifs is 1. The number of halogens is 3. The highest BCUT2D eigenvalue weighted by molar-refractivity contribution is 5.80. The molecule has 1 N–H and O–H groups in total. The Morgan fingerprint density at radius 1 is 1.08 bits per heavy atom. The third kappa shape index (κ3) is 7.69. The van der Waals surface area contributed by atoms with Crippen LogP contribution in [0.2, 0.25) is 0 Å². The third-order valence-electron chi connectivity index (χ3n) is 7.08.